The normalized spacial score (nSPS) is 19.4. The lowest BCUT2D eigenvalue weighted by Crippen LogP contribution is -2.33. The van der Waals surface area contributed by atoms with Gasteiger partial charge in [0, 0.05) is 19.5 Å². The fraction of sp³-hybridized carbons (Fsp3) is 0.429. The molecule has 2 heterocycles. The lowest BCUT2D eigenvalue weighted by atomic mass is 9.98. The van der Waals surface area contributed by atoms with Crippen LogP contribution in [0.25, 0.3) is 10.9 Å². The molecule has 2 aromatic rings. The van der Waals surface area contributed by atoms with E-state index in [1.54, 1.807) is 23.7 Å². The summed E-state index contributed by atoms with van der Waals surface area (Å²) in [5.41, 5.74) is 0.539. The van der Waals surface area contributed by atoms with E-state index in [9.17, 15) is 4.79 Å². The van der Waals surface area contributed by atoms with Crippen LogP contribution in [0.15, 0.2) is 16.9 Å². The maximum atomic E-state index is 12.5. The Hall–Kier alpha value is -1.10. The van der Waals surface area contributed by atoms with E-state index < -0.39 is 0 Å². The predicted octanol–water partition coefficient (Wildman–Crippen LogP) is 2.71. The topological polar surface area (TPSA) is 46.9 Å². The minimum Gasteiger partial charge on any atom is -0.316 e. The molecule has 1 atom stereocenters. The maximum absolute atomic E-state index is 12.5. The van der Waals surface area contributed by atoms with Gasteiger partial charge in [-0.15, -0.1) is 0 Å². The Morgan fingerprint density at radius 1 is 1.35 bits per heavy atom. The second-order valence-corrected chi connectivity index (χ2v) is 5.98. The number of rotatable bonds is 1. The van der Waals surface area contributed by atoms with Gasteiger partial charge in [-0.05, 0) is 31.5 Å². The minimum absolute atomic E-state index is 0.0749. The van der Waals surface area contributed by atoms with E-state index in [-0.39, 0.29) is 11.5 Å². The van der Waals surface area contributed by atoms with E-state index in [0.717, 1.165) is 31.8 Å². The molecule has 1 aliphatic rings. The largest absolute Gasteiger partial charge is 0.316 e. The van der Waals surface area contributed by atoms with Crippen LogP contribution in [0.3, 0.4) is 0 Å². The summed E-state index contributed by atoms with van der Waals surface area (Å²) in [5, 5.41) is 4.66. The minimum atomic E-state index is -0.0749. The molecule has 3 rings (SSSR count). The molecular weight excluding hydrogens is 297 g/mol. The molecule has 1 aromatic heterocycles. The van der Waals surface area contributed by atoms with Crippen molar-refractivity contribution in [1.82, 2.24) is 14.9 Å². The Morgan fingerprint density at radius 3 is 2.80 bits per heavy atom. The number of piperidine rings is 1. The first kappa shape index (κ1) is 13.9. The lowest BCUT2D eigenvalue weighted by molar-refractivity contribution is 0.434. The van der Waals surface area contributed by atoms with Crippen molar-refractivity contribution in [2.24, 2.45) is 7.05 Å². The highest BCUT2D eigenvalue weighted by molar-refractivity contribution is 6.42. The highest BCUT2D eigenvalue weighted by Crippen LogP contribution is 2.27. The van der Waals surface area contributed by atoms with Crippen molar-refractivity contribution < 1.29 is 0 Å². The molecule has 1 N–H and O–H groups in total. The van der Waals surface area contributed by atoms with Gasteiger partial charge < -0.3 is 5.32 Å². The molecule has 0 saturated carbocycles. The van der Waals surface area contributed by atoms with Gasteiger partial charge in [-0.2, -0.15) is 0 Å². The summed E-state index contributed by atoms with van der Waals surface area (Å²) in [6.45, 7) is 1.88. The summed E-state index contributed by atoms with van der Waals surface area (Å²) in [6, 6.07) is 3.26. The molecule has 1 aromatic carbocycles. The van der Waals surface area contributed by atoms with Crippen molar-refractivity contribution in [1.29, 1.82) is 0 Å². The van der Waals surface area contributed by atoms with Gasteiger partial charge in [0.2, 0.25) is 0 Å². The van der Waals surface area contributed by atoms with Crippen molar-refractivity contribution >= 4 is 34.1 Å². The van der Waals surface area contributed by atoms with E-state index in [0.29, 0.717) is 20.9 Å². The fourth-order valence-electron chi connectivity index (χ4n) is 2.72. The fourth-order valence-corrected chi connectivity index (χ4v) is 3.04. The first-order valence-corrected chi connectivity index (χ1v) is 7.40. The molecule has 0 aliphatic carbocycles. The van der Waals surface area contributed by atoms with Crippen LogP contribution < -0.4 is 10.9 Å². The van der Waals surface area contributed by atoms with Gasteiger partial charge in [0.25, 0.3) is 5.56 Å². The standard InChI is InChI=1S/C14H15Cl2N3O/c1-19-13(8-3-2-4-17-7-8)18-12-6-11(16)10(15)5-9(12)14(19)20/h5-6,8,17H,2-4,7H2,1H3/t8-/m0/s1. The van der Waals surface area contributed by atoms with Crippen LogP contribution in [0.2, 0.25) is 10.0 Å². The van der Waals surface area contributed by atoms with Gasteiger partial charge in [-0.3, -0.25) is 9.36 Å². The van der Waals surface area contributed by atoms with Crippen LogP contribution >= 0.6 is 23.2 Å². The number of nitrogens with one attached hydrogen (secondary N) is 1. The Labute approximate surface area is 126 Å². The Kier molecular flexibility index (Phi) is 3.71. The molecule has 4 nitrogen and oxygen atoms in total. The third-order valence-electron chi connectivity index (χ3n) is 3.81. The Morgan fingerprint density at radius 2 is 2.10 bits per heavy atom. The van der Waals surface area contributed by atoms with Crippen molar-refractivity contribution in [3.05, 3.63) is 38.4 Å². The highest BCUT2D eigenvalue weighted by atomic mass is 35.5. The van der Waals surface area contributed by atoms with Gasteiger partial charge in [-0.1, -0.05) is 23.2 Å². The molecule has 1 saturated heterocycles. The first-order chi connectivity index (χ1) is 9.58. The van der Waals surface area contributed by atoms with Crippen molar-refractivity contribution in [2.75, 3.05) is 13.1 Å². The van der Waals surface area contributed by atoms with Crippen molar-refractivity contribution in [3.8, 4) is 0 Å². The van der Waals surface area contributed by atoms with Gasteiger partial charge in [0.05, 0.1) is 20.9 Å². The number of benzene rings is 1. The molecule has 1 fully saturated rings. The van der Waals surface area contributed by atoms with E-state index in [1.165, 1.54) is 0 Å². The Balaban J connectivity index is 2.21. The number of aromatic nitrogens is 2. The molecule has 0 unspecified atom stereocenters. The van der Waals surface area contributed by atoms with Crippen LogP contribution in [0.1, 0.15) is 24.6 Å². The average Bonchev–Trinajstić information content (AvgIpc) is 2.46. The smallest absolute Gasteiger partial charge is 0.261 e. The van der Waals surface area contributed by atoms with Crippen LogP contribution in [0, 0.1) is 0 Å². The summed E-state index contributed by atoms with van der Waals surface area (Å²) in [7, 11) is 1.77. The third-order valence-corrected chi connectivity index (χ3v) is 4.54. The molecule has 0 bridgehead atoms. The van der Waals surface area contributed by atoms with Gasteiger partial charge >= 0.3 is 0 Å². The third kappa shape index (κ3) is 2.32. The average molecular weight is 312 g/mol. The van der Waals surface area contributed by atoms with Crippen LogP contribution in [0.4, 0.5) is 0 Å². The maximum Gasteiger partial charge on any atom is 0.261 e. The van der Waals surface area contributed by atoms with Crippen molar-refractivity contribution in [2.45, 2.75) is 18.8 Å². The summed E-state index contributed by atoms with van der Waals surface area (Å²) >= 11 is 12.0. The summed E-state index contributed by atoms with van der Waals surface area (Å²) in [6.07, 6.45) is 2.14. The zero-order valence-electron chi connectivity index (χ0n) is 11.1. The van der Waals surface area contributed by atoms with E-state index in [1.807, 2.05) is 0 Å². The van der Waals surface area contributed by atoms with Gasteiger partial charge in [0.15, 0.2) is 0 Å². The molecule has 106 valence electrons. The number of hydrogen-bond acceptors (Lipinski definition) is 3. The molecule has 0 radical (unpaired) electrons. The van der Waals surface area contributed by atoms with E-state index in [2.05, 4.69) is 10.3 Å². The van der Waals surface area contributed by atoms with E-state index in [4.69, 9.17) is 23.2 Å². The van der Waals surface area contributed by atoms with Crippen molar-refractivity contribution in [3.63, 3.8) is 0 Å². The molecule has 0 spiro atoms. The van der Waals surface area contributed by atoms with Crippen LogP contribution in [-0.2, 0) is 7.05 Å². The zero-order valence-corrected chi connectivity index (χ0v) is 12.6. The number of hydrogen-bond donors (Lipinski definition) is 1. The summed E-state index contributed by atoms with van der Waals surface area (Å²) < 4.78 is 1.63. The summed E-state index contributed by atoms with van der Waals surface area (Å²) in [5.74, 6) is 1.08. The SMILES string of the molecule is Cn1c([C@H]2CCCNC2)nc2cc(Cl)c(Cl)cc2c1=O. The van der Waals surface area contributed by atoms with Gasteiger partial charge in [0.1, 0.15) is 5.82 Å². The Bertz CT molecular complexity index is 720. The second-order valence-electron chi connectivity index (χ2n) is 5.16. The summed E-state index contributed by atoms with van der Waals surface area (Å²) in [4.78, 5) is 17.1. The number of halogens is 2. The zero-order chi connectivity index (χ0) is 14.3. The second kappa shape index (κ2) is 5.35. The molecule has 0 amide bonds. The van der Waals surface area contributed by atoms with E-state index >= 15 is 0 Å². The highest BCUT2D eigenvalue weighted by Gasteiger charge is 2.21. The monoisotopic (exact) mass is 311 g/mol. The molecule has 1 aliphatic heterocycles. The lowest BCUT2D eigenvalue weighted by Gasteiger charge is -2.24. The predicted molar refractivity (Wildman–Crippen MR) is 81.8 cm³/mol. The van der Waals surface area contributed by atoms with Crippen LogP contribution in [0.5, 0.6) is 0 Å². The quantitative estimate of drug-likeness (QED) is 0.881. The number of fused-ring (bicyclic) bond motifs is 1. The van der Waals surface area contributed by atoms with Gasteiger partial charge in [-0.25, -0.2) is 4.98 Å². The molecule has 20 heavy (non-hydrogen) atoms. The number of nitrogens with zero attached hydrogens (tertiary/aromatic N) is 2. The van der Waals surface area contributed by atoms with Crippen LogP contribution in [-0.4, -0.2) is 22.6 Å². The molecular formula is C14H15Cl2N3O. The molecule has 6 heteroatoms. The first-order valence-electron chi connectivity index (χ1n) is 6.64.